The summed E-state index contributed by atoms with van der Waals surface area (Å²) in [4.78, 5) is 31.4. The Morgan fingerprint density at radius 3 is 1.89 bits per heavy atom. The van der Waals surface area contributed by atoms with Crippen molar-refractivity contribution >= 4 is 23.5 Å². The third-order valence-corrected chi connectivity index (χ3v) is 3.71. The van der Waals surface area contributed by atoms with Crippen LogP contribution in [0.1, 0.15) is 11.1 Å². The summed E-state index contributed by atoms with van der Waals surface area (Å²) in [6.45, 7) is 0.522. The van der Waals surface area contributed by atoms with E-state index in [0.717, 1.165) is 11.1 Å². The molecular weight excluding hydrogens is 358 g/mol. The molecule has 2 aromatic heterocycles. The molecule has 3 N–H and O–H groups in total. The van der Waals surface area contributed by atoms with E-state index >= 15 is 0 Å². The third kappa shape index (κ3) is 6.10. The molecule has 142 valence electrons. The zero-order valence-electron chi connectivity index (χ0n) is 15.0. The molecule has 0 spiro atoms. The van der Waals surface area contributed by atoms with Gasteiger partial charge in [0, 0.05) is 42.7 Å². The van der Waals surface area contributed by atoms with Gasteiger partial charge in [0.15, 0.2) is 0 Å². The Balaban J connectivity index is 1.40. The monoisotopic (exact) mass is 377 g/mol. The molecule has 3 amide bonds. The summed E-state index contributed by atoms with van der Waals surface area (Å²) in [5.41, 5.74) is 3.06. The van der Waals surface area contributed by atoms with Crippen molar-refractivity contribution in [2.45, 2.75) is 13.2 Å². The number of hydrogen-bond donors (Lipinski definition) is 3. The van der Waals surface area contributed by atoms with Crippen LogP contribution in [0.4, 0.5) is 21.0 Å². The van der Waals surface area contributed by atoms with E-state index in [1.54, 1.807) is 49.1 Å². The Morgan fingerprint density at radius 2 is 1.29 bits per heavy atom. The molecule has 0 aliphatic carbocycles. The van der Waals surface area contributed by atoms with Gasteiger partial charge in [0.05, 0.1) is 0 Å². The first kappa shape index (κ1) is 18.8. The number of rotatable bonds is 6. The quantitative estimate of drug-likeness (QED) is 0.609. The van der Waals surface area contributed by atoms with Gasteiger partial charge in [0.25, 0.3) is 0 Å². The fraction of sp³-hybridized carbons (Fsp3) is 0.100. The predicted molar refractivity (Wildman–Crippen MR) is 105 cm³/mol. The predicted octanol–water partition coefficient (Wildman–Crippen LogP) is 3.55. The van der Waals surface area contributed by atoms with Crippen molar-refractivity contribution in [1.82, 2.24) is 15.3 Å². The van der Waals surface area contributed by atoms with Crippen molar-refractivity contribution < 1.29 is 14.3 Å². The van der Waals surface area contributed by atoms with Crippen molar-refractivity contribution in [2.24, 2.45) is 0 Å². The van der Waals surface area contributed by atoms with Crippen LogP contribution in [0.5, 0.6) is 0 Å². The van der Waals surface area contributed by atoms with Crippen molar-refractivity contribution in [1.29, 1.82) is 0 Å². The lowest BCUT2D eigenvalue weighted by molar-refractivity contribution is 0.155. The topological polar surface area (TPSA) is 105 Å². The lowest BCUT2D eigenvalue weighted by Crippen LogP contribution is -2.28. The molecule has 28 heavy (non-hydrogen) atoms. The Kier molecular flexibility index (Phi) is 6.51. The molecule has 0 radical (unpaired) electrons. The molecule has 3 aromatic rings. The normalized spacial score (nSPS) is 10.0. The van der Waals surface area contributed by atoms with Gasteiger partial charge in [0.2, 0.25) is 0 Å². The van der Waals surface area contributed by atoms with Gasteiger partial charge in [0.1, 0.15) is 6.61 Å². The zero-order chi connectivity index (χ0) is 19.6. The number of nitrogens with one attached hydrogen (secondary N) is 3. The minimum Gasteiger partial charge on any atom is -0.444 e. The van der Waals surface area contributed by atoms with Crippen LogP contribution < -0.4 is 16.0 Å². The highest BCUT2D eigenvalue weighted by molar-refractivity contribution is 5.89. The van der Waals surface area contributed by atoms with Crippen molar-refractivity contribution in [2.75, 3.05) is 10.6 Å². The molecule has 8 heteroatoms. The molecule has 0 saturated heterocycles. The maximum absolute atomic E-state index is 11.9. The van der Waals surface area contributed by atoms with Crippen LogP contribution >= 0.6 is 0 Å². The van der Waals surface area contributed by atoms with Crippen LogP contribution in [0, 0.1) is 0 Å². The molecule has 0 aliphatic rings. The smallest absolute Gasteiger partial charge is 0.411 e. The molecule has 0 aliphatic heterocycles. The van der Waals surface area contributed by atoms with Crippen LogP contribution in [-0.4, -0.2) is 22.1 Å². The second kappa shape index (κ2) is 9.67. The summed E-state index contributed by atoms with van der Waals surface area (Å²) in [6.07, 6.45) is 5.84. The number of ether oxygens (including phenoxy) is 1. The van der Waals surface area contributed by atoms with Crippen molar-refractivity contribution in [3.8, 4) is 0 Å². The summed E-state index contributed by atoms with van der Waals surface area (Å²) in [5, 5.41) is 8.11. The van der Waals surface area contributed by atoms with Crippen molar-refractivity contribution in [3.05, 3.63) is 84.4 Å². The molecule has 1 aromatic carbocycles. The SMILES string of the molecule is O=C(NCc1ccc(COC(=O)Nc2ccncc2)cc1)Nc1ccncc1. The Hall–Kier alpha value is -3.94. The van der Waals surface area contributed by atoms with E-state index in [9.17, 15) is 9.59 Å². The summed E-state index contributed by atoms with van der Waals surface area (Å²) in [6, 6.07) is 13.9. The van der Waals surface area contributed by atoms with Gasteiger partial charge in [-0.3, -0.25) is 15.3 Å². The zero-order valence-corrected chi connectivity index (χ0v) is 15.0. The Labute approximate surface area is 162 Å². The van der Waals surface area contributed by atoms with Crippen LogP contribution in [0.15, 0.2) is 73.3 Å². The lowest BCUT2D eigenvalue weighted by Gasteiger charge is -2.09. The first-order valence-corrected chi connectivity index (χ1v) is 8.55. The number of urea groups is 1. The summed E-state index contributed by atoms with van der Waals surface area (Å²) in [7, 11) is 0. The van der Waals surface area contributed by atoms with Gasteiger partial charge in [-0.2, -0.15) is 0 Å². The highest BCUT2D eigenvalue weighted by Gasteiger charge is 2.05. The lowest BCUT2D eigenvalue weighted by atomic mass is 10.1. The van der Waals surface area contributed by atoms with Crippen LogP contribution in [-0.2, 0) is 17.9 Å². The minimum absolute atomic E-state index is 0.146. The van der Waals surface area contributed by atoms with E-state index in [2.05, 4.69) is 25.9 Å². The highest BCUT2D eigenvalue weighted by atomic mass is 16.5. The van der Waals surface area contributed by atoms with Gasteiger partial charge < -0.3 is 15.4 Å². The summed E-state index contributed by atoms with van der Waals surface area (Å²) in [5.74, 6) is 0. The number of aromatic nitrogens is 2. The van der Waals surface area contributed by atoms with Crippen molar-refractivity contribution in [3.63, 3.8) is 0 Å². The Morgan fingerprint density at radius 1 is 0.750 bits per heavy atom. The first-order valence-electron chi connectivity index (χ1n) is 8.55. The van der Waals surface area contributed by atoms with Gasteiger partial charge >= 0.3 is 12.1 Å². The molecule has 8 nitrogen and oxygen atoms in total. The number of nitrogens with zero attached hydrogens (tertiary/aromatic N) is 2. The number of carbonyl (C=O) groups excluding carboxylic acids is 2. The van der Waals surface area contributed by atoms with Crippen LogP contribution in [0.3, 0.4) is 0 Å². The number of benzene rings is 1. The molecule has 2 heterocycles. The first-order chi connectivity index (χ1) is 13.7. The minimum atomic E-state index is -0.537. The van der Waals surface area contributed by atoms with E-state index in [-0.39, 0.29) is 12.6 Å². The molecule has 3 rings (SSSR count). The molecule has 0 unspecified atom stereocenters. The fourth-order valence-electron chi connectivity index (χ4n) is 2.28. The second-order valence-electron chi connectivity index (χ2n) is 5.80. The number of hydrogen-bond acceptors (Lipinski definition) is 5. The average Bonchev–Trinajstić information content (AvgIpc) is 2.73. The van der Waals surface area contributed by atoms with E-state index in [1.165, 1.54) is 0 Å². The van der Waals surface area contributed by atoms with Gasteiger partial charge in [-0.1, -0.05) is 24.3 Å². The molecule has 0 bridgehead atoms. The number of amides is 3. The second-order valence-corrected chi connectivity index (χ2v) is 5.80. The number of pyridine rings is 2. The molecule has 0 fully saturated rings. The standard InChI is InChI=1S/C20H19N5O3/c26-19(24-17-5-9-21-10-6-17)23-13-15-1-3-16(4-2-15)14-28-20(27)25-18-7-11-22-12-8-18/h1-12H,13-14H2,(H,22,25,27)(H2,21,23,24,26). The highest BCUT2D eigenvalue weighted by Crippen LogP contribution is 2.08. The van der Waals surface area contributed by atoms with E-state index in [0.29, 0.717) is 17.9 Å². The van der Waals surface area contributed by atoms with Gasteiger partial charge in [-0.15, -0.1) is 0 Å². The summed E-state index contributed by atoms with van der Waals surface area (Å²) < 4.78 is 5.18. The van der Waals surface area contributed by atoms with E-state index in [4.69, 9.17) is 4.74 Å². The maximum atomic E-state index is 11.9. The fourth-order valence-corrected chi connectivity index (χ4v) is 2.28. The number of anilines is 2. The van der Waals surface area contributed by atoms with E-state index in [1.807, 2.05) is 24.3 Å². The molecule has 0 saturated carbocycles. The largest absolute Gasteiger partial charge is 0.444 e. The van der Waals surface area contributed by atoms with Crippen LogP contribution in [0.25, 0.3) is 0 Å². The molecular formula is C20H19N5O3. The Bertz CT molecular complexity index is 826. The van der Waals surface area contributed by atoms with Gasteiger partial charge in [-0.05, 0) is 35.4 Å². The van der Waals surface area contributed by atoms with Gasteiger partial charge in [-0.25, -0.2) is 9.59 Å². The number of carbonyl (C=O) groups is 2. The molecule has 0 atom stereocenters. The summed E-state index contributed by atoms with van der Waals surface area (Å²) >= 11 is 0. The maximum Gasteiger partial charge on any atom is 0.411 e. The average molecular weight is 377 g/mol. The third-order valence-electron chi connectivity index (χ3n) is 3.71. The van der Waals surface area contributed by atoms with E-state index < -0.39 is 6.09 Å². The van der Waals surface area contributed by atoms with Crippen LogP contribution in [0.2, 0.25) is 0 Å².